The normalized spacial score (nSPS) is 16.6. The van der Waals surface area contributed by atoms with Crippen LogP contribution < -0.4 is 20.5 Å². The van der Waals surface area contributed by atoms with E-state index in [-0.39, 0.29) is 36.7 Å². The van der Waals surface area contributed by atoms with E-state index >= 15 is 0 Å². The molecular formula is C21H24F3N5O6S. The molecule has 0 radical (unpaired) electrons. The highest BCUT2D eigenvalue weighted by Crippen LogP contribution is 2.24. The fraction of sp³-hybridized carbons (Fsp3) is 0.381. The second kappa shape index (κ2) is 11.1. The van der Waals surface area contributed by atoms with Gasteiger partial charge >= 0.3 is 12.1 Å². The molecular weight excluding hydrogens is 507 g/mol. The average molecular weight is 532 g/mol. The summed E-state index contributed by atoms with van der Waals surface area (Å²) in [4.78, 5) is 30.2. The Labute approximate surface area is 204 Å². The number of methoxy groups -OCH3 is 1. The number of ether oxygens (including phenoxy) is 1. The molecule has 1 aliphatic heterocycles. The minimum Gasteiger partial charge on any atom is -0.497 e. The molecule has 36 heavy (non-hydrogen) atoms. The van der Waals surface area contributed by atoms with E-state index in [2.05, 4.69) is 4.98 Å². The maximum Gasteiger partial charge on any atom is 0.472 e. The molecule has 11 nitrogen and oxygen atoms in total. The maximum absolute atomic E-state index is 12.3. The Morgan fingerprint density at radius 1 is 1.14 bits per heavy atom. The van der Waals surface area contributed by atoms with E-state index in [0.717, 1.165) is 6.20 Å². The van der Waals surface area contributed by atoms with Gasteiger partial charge in [0.05, 0.1) is 36.4 Å². The minimum atomic E-state index is -5.15. The van der Waals surface area contributed by atoms with Crippen LogP contribution in [-0.4, -0.2) is 79.5 Å². The third-order valence-electron chi connectivity index (χ3n) is 5.35. The van der Waals surface area contributed by atoms with Crippen molar-refractivity contribution in [3.8, 4) is 5.75 Å². The van der Waals surface area contributed by atoms with Gasteiger partial charge in [0.15, 0.2) is 16.2 Å². The van der Waals surface area contributed by atoms with Gasteiger partial charge in [0.2, 0.25) is 0 Å². The highest BCUT2D eigenvalue weighted by atomic mass is 32.2. The molecule has 0 spiro atoms. The molecule has 2 heterocycles. The molecule has 1 unspecified atom stereocenters. The van der Waals surface area contributed by atoms with Gasteiger partial charge in [0.25, 0.3) is 5.91 Å². The lowest BCUT2D eigenvalue weighted by atomic mass is 10.2. The predicted octanol–water partition coefficient (Wildman–Crippen LogP) is 0.426. The number of alkyl halides is 3. The summed E-state index contributed by atoms with van der Waals surface area (Å²) in [5, 5.41) is 11.1. The Balaban J connectivity index is 1.74. The molecule has 196 valence electrons. The number of aliphatic hydroxyl groups excluding tert-OH is 1. The van der Waals surface area contributed by atoms with Gasteiger partial charge in [-0.05, 0) is 36.4 Å². The van der Waals surface area contributed by atoms with Gasteiger partial charge in [-0.15, -0.1) is 0 Å². The zero-order valence-electron chi connectivity index (χ0n) is 19.0. The summed E-state index contributed by atoms with van der Waals surface area (Å²) in [6.45, 7) is 0.308. The van der Waals surface area contributed by atoms with Crippen molar-refractivity contribution in [2.45, 2.75) is 19.1 Å². The molecule has 3 N–H and O–H groups in total. The number of halogens is 3. The van der Waals surface area contributed by atoms with Gasteiger partial charge in [-0.25, -0.2) is 8.42 Å². The van der Waals surface area contributed by atoms with Crippen LogP contribution in [-0.2, 0) is 21.2 Å². The Kier molecular flexibility index (Phi) is 8.37. The first-order chi connectivity index (χ1) is 16.9. The smallest absolute Gasteiger partial charge is 0.472 e. The number of hydrazine groups is 1. The van der Waals surface area contributed by atoms with Crippen LogP contribution >= 0.6 is 0 Å². The van der Waals surface area contributed by atoms with Crippen molar-refractivity contribution in [2.75, 3.05) is 36.6 Å². The van der Waals surface area contributed by atoms with Crippen LogP contribution in [0.25, 0.3) is 0 Å². The monoisotopic (exact) mass is 531 g/mol. The van der Waals surface area contributed by atoms with Crippen molar-refractivity contribution < 1.29 is 41.0 Å². The third-order valence-corrected chi connectivity index (χ3v) is 6.96. The lowest BCUT2D eigenvalue weighted by molar-refractivity contribution is -0.174. The van der Waals surface area contributed by atoms with Crippen molar-refractivity contribution in [1.82, 2.24) is 20.7 Å². The maximum atomic E-state index is 12.3. The fourth-order valence-electron chi connectivity index (χ4n) is 3.32. The van der Waals surface area contributed by atoms with Gasteiger partial charge in [-0.1, -0.05) is 0 Å². The number of nitrogens with one attached hydrogen (secondary N) is 2. The van der Waals surface area contributed by atoms with Crippen LogP contribution in [0.5, 0.6) is 5.75 Å². The quantitative estimate of drug-likeness (QED) is 0.343. The van der Waals surface area contributed by atoms with E-state index in [0.29, 0.717) is 17.1 Å². The Morgan fingerprint density at radius 2 is 1.78 bits per heavy atom. The summed E-state index contributed by atoms with van der Waals surface area (Å²) in [5.41, 5.74) is 3.78. The molecule has 15 heteroatoms. The lowest BCUT2D eigenvalue weighted by Gasteiger charge is -2.39. The van der Waals surface area contributed by atoms with Gasteiger partial charge in [0.1, 0.15) is 5.75 Å². The van der Waals surface area contributed by atoms with Gasteiger partial charge in [-0.3, -0.25) is 30.3 Å². The molecule has 1 atom stereocenters. The number of carbonyl (C=O) groups is 2. The number of benzene rings is 1. The predicted molar refractivity (Wildman–Crippen MR) is 121 cm³/mol. The van der Waals surface area contributed by atoms with Crippen LogP contribution in [0.4, 0.5) is 18.9 Å². The molecule has 1 aromatic carbocycles. The molecule has 1 saturated heterocycles. The minimum absolute atomic E-state index is 0.0451. The van der Waals surface area contributed by atoms with E-state index in [1.807, 2.05) is 0 Å². The molecule has 2 amide bonds. The first-order valence-electron chi connectivity index (χ1n) is 10.6. The van der Waals surface area contributed by atoms with Crippen molar-refractivity contribution in [1.29, 1.82) is 0 Å². The number of pyridine rings is 1. The molecule has 3 rings (SSSR count). The average Bonchev–Trinajstić information content (AvgIpc) is 2.85. The number of amides is 2. The molecule has 0 aliphatic carbocycles. The largest absolute Gasteiger partial charge is 0.497 e. The highest BCUT2D eigenvalue weighted by molar-refractivity contribution is 7.91. The van der Waals surface area contributed by atoms with Gasteiger partial charge < -0.3 is 14.7 Å². The van der Waals surface area contributed by atoms with E-state index < -0.39 is 34.2 Å². The molecule has 1 fully saturated rings. The zero-order valence-corrected chi connectivity index (χ0v) is 19.8. The number of hydrogen-bond donors (Lipinski definition) is 3. The van der Waals surface area contributed by atoms with Crippen LogP contribution in [0.2, 0.25) is 0 Å². The molecule has 1 aliphatic rings. The van der Waals surface area contributed by atoms with E-state index in [1.165, 1.54) is 24.7 Å². The summed E-state index contributed by atoms with van der Waals surface area (Å²) in [6, 6.07) is 9.51. The second-order valence-electron chi connectivity index (χ2n) is 7.80. The van der Waals surface area contributed by atoms with Crippen LogP contribution in [0.3, 0.4) is 0 Å². The van der Waals surface area contributed by atoms with Crippen molar-refractivity contribution in [3.05, 3.63) is 53.9 Å². The van der Waals surface area contributed by atoms with Crippen molar-refractivity contribution >= 4 is 27.3 Å². The van der Waals surface area contributed by atoms with E-state index in [1.54, 1.807) is 39.5 Å². The topological polar surface area (TPSA) is 141 Å². The van der Waals surface area contributed by atoms with Crippen molar-refractivity contribution in [3.63, 3.8) is 0 Å². The highest BCUT2D eigenvalue weighted by Gasteiger charge is 2.39. The van der Waals surface area contributed by atoms with Crippen LogP contribution in [0.15, 0.2) is 42.6 Å². The molecule has 1 aromatic heterocycles. The number of sulfone groups is 1. The fourth-order valence-corrected chi connectivity index (χ4v) is 4.55. The van der Waals surface area contributed by atoms with Crippen molar-refractivity contribution in [2.24, 2.45) is 0 Å². The second-order valence-corrected chi connectivity index (χ2v) is 10.1. The summed E-state index contributed by atoms with van der Waals surface area (Å²) in [5.74, 6) is -2.92. The summed E-state index contributed by atoms with van der Waals surface area (Å²) < 4.78 is 65.5. The Bertz CT molecular complexity index is 1160. The first-order valence-corrected chi connectivity index (χ1v) is 12.4. The number of carbonyl (C=O) groups excluding carboxylic acids is 2. The SMILES string of the molecule is COc1ccc(N(Cc2ccc(C(=O)NNC(=O)C(F)(F)F)cn2)C(O)N2CCS(=O)(=O)CC2)cc1. The zero-order chi connectivity index (χ0) is 26.5. The number of rotatable bonds is 7. The summed E-state index contributed by atoms with van der Waals surface area (Å²) in [7, 11) is -1.66. The number of aliphatic hydroxyl groups is 1. The number of nitrogens with zero attached hydrogens (tertiary/aromatic N) is 3. The van der Waals surface area contributed by atoms with E-state index in [4.69, 9.17) is 4.74 Å². The van der Waals surface area contributed by atoms with Gasteiger partial charge in [-0.2, -0.15) is 13.2 Å². The standard InChI is InChI=1S/C21H24F3N5O6S/c1-35-17-6-4-16(5-7-17)29(20(32)28-8-10-36(33,34)11-9-28)13-15-3-2-14(12-25-15)18(30)26-27-19(31)21(22,23)24/h2-7,12,20,32H,8-11,13H2,1H3,(H,26,30)(H,27,31). The molecule has 0 bridgehead atoms. The number of hydrogen-bond acceptors (Lipinski definition) is 9. The first kappa shape index (κ1) is 27.2. The van der Waals surface area contributed by atoms with Crippen LogP contribution in [0, 0.1) is 0 Å². The summed E-state index contributed by atoms with van der Waals surface area (Å²) in [6.07, 6.45) is -5.24. The molecule has 2 aromatic rings. The molecule has 0 saturated carbocycles. The Morgan fingerprint density at radius 3 is 2.31 bits per heavy atom. The van der Waals surface area contributed by atoms with E-state index in [9.17, 15) is 36.3 Å². The Hall–Kier alpha value is -3.43. The summed E-state index contributed by atoms with van der Waals surface area (Å²) >= 11 is 0. The number of anilines is 1. The van der Waals surface area contributed by atoms with Gasteiger partial charge in [0, 0.05) is 25.0 Å². The lowest BCUT2D eigenvalue weighted by Crippen LogP contribution is -2.53. The van der Waals surface area contributed by atoms with Crippen LogP contribution in [0.1, 0.15) is 16.1 Å². The third kappa shape index (κ3) is 7.05. The number of aromatic nitrogens is 1.